The first kappa shape index (κ1) is 17.1. The minimum atomic E-state index is -3.25. The molecule has 0 heterocycles. The van der Waals surface area contributed by atoms with Gasteiger partial charge in [-0.3, -0.25) is 0 Å². The molecule has 0 saturated carbocycles. The molecule has 0 aromatic heterocycles. The van der Waals surface area contributed by atoms with E-state index in [1.165, 1.54) is 0 Å². The lowest BCUT2D eigenvalue weighted by atomic mass is 10.1. The van der Waals surface area contributed by atoms with E-state index in [0.717, 1.165) is 6.26 Å². The van der Waals surface area contributed by atoms with Crippen molar-refractivity contribution in [2.45, 2.75) is 32.7 Å². The molecule has 6 nitrogen and oxygen atoms in total. The molecule has 0 aromatic carbocycles. The van der Waals surface area contributed by atoms with Crippen LogP contribution in [0.15, 0.2) is 11.6 Å². The van der Waals surface area contributed by atoms with Crippen LogP contribution in [0.1, 0.15) is 27.2 Å². The van der Waals surface area contributed by atoms with Crippen LogP contribution in [0.3, 0.4) is 0 Å². The Hall–Kier alpha value is -0.920. The third kappa shape index (κ3) is 8.21. The zero-order chi connectivity index (χ0) is 14.4. The lowest BCUT2D eigenvalue weighted by Crippen LogP contribution is -2.49. The zero-order valence-corrected chi connectivity index (χ0v) is 12.1. The summed E-state index contributed by atoms with van der Waals surface area (Å²) in [5, 5.41) is 11.8. The molecule has 0 aliphatic heterocycles. The van der Waals surface area contributed by atoms with Gasteiger partial charge in [-0.15, -0.1) is 0 Å². The van der Waals surface area contributed by atoms with Gasteiger partial charge < -0.3 is 10.4 Å². The Morgan fingerprint density at radius 2 is 1.94 bits per heavy atom. The topological polar surface area (TPSA) is 95.5 Å². The number of aliphatic carboxylic acids is 1. The van der Waals surface area contributed by atoms with Crippen LogP contribution in [-0.4, -0.2) is 44.4 Å². The summed E-state index contributed by atoms with van der Waals surface area (Å²) in [5.74, 6) is -0.923. The van der Waals surface area contributed by atoms with Crippen molar-refractivity contribution in [2.75, 3.05) is 19.3 Å². The summed E-state index contributed by atoms with van der Waals surface area (Å²) in [6.07, 6.45) is 3.16. The highest BCUT2D eigenvalue weighted by Crippen LogP contribution is 2.02. The second-order valence-corrected chi connectivity index (χ2v) is 6.53. The molecule has 0 atom stereocenters. The highest BCUT2D eigenvalue weighted by atomic mass is 32.2. The van der Waals surface area contributed by atoms with Gasteiger partial charge in [0.15, 0.2) is 0 Å². The van der Waals surface area contributed by atoms with Gasteiger partial charge in [-0.25, -0.2) is 17.9 Å². The lowest BCUT2D eigenvalue weighted by Gasteiger charge is -2.25. The third-order valence-corrected chi connectivity index (χ3v) is 3.10. The summed E-state index contributed by atoms with van der Waals surface area (Å²) in [6.45, 7) is 6.08. The Kier molecular flexibility index (Phi) is 6.51. The lowest BCUT2D eigenvalue weighted by molar-refractivity contribution is -0.132. The van der Waals surface area contributed by atoms with E-state index >= 15 is 0 Å². The number of nitrogens with one attached hydrogen (secondary N) is 2. The SMILES string of the molecule is CCC(=CCNCC(C)(C)NS(C)(=O)=O)C(=O)O. The summed E-state index contributed by atoms with van der Waals surface area (Å²) in [7, 11) is -3.25. The fourth-order valence-electron chi connectivity index (χ4n) is 1.50. The van der Waals surface area contributed by atoms with E-state index in [9.17, 15) is 13.2 Å². The smallest absolute Gasteiger partial charge is 0.331 e. The molecule has 3 N–H and O–H groups in total. The Labute approximate surface area is 109 Å². The summed E-state index contributed by atoms with van der Waals surface area (Å²) in [5.41, 5.74) is -0.270. The van der Waals surface area contributed by atoms with Crippen LogP contribution in [-0.2, 0) is 14.8 Å². The first-order valence-electron chi connectivity index (χ1n) is 5.69. The number of rotatable bonds is 8. The van der Waals surface area contributed by atoms with E-state index < -0.39 is 21.5 Å². The molecule has 0 fully saturated rings. The van der Waals surface area contributed by atoms with Crippen molar-refractivity contribution in [3.05, 3.63) is 11.6 Å². The van der Waals surface area contributed by atoms with E-state index in [4.69, 9.17) is 5.11 Å². The highest BCUT2D eigenvalue weighted by Gasteiger charge is 2.21. The summed E-state index contributed by atoms with van der Waals surface area (Å²) < 4.78 is 24.7. The molecule has 106 valence electrons. The van der Waals surface area contributed by atoms with Crippen molar-refractivity contribution < 1.29 is 18.3 Å². The average Bonchev–Trinajstić information content (AvgIpc) is 2.13. The molecule has 0 rings (SSSR count). The summed E-state index contributed by atoms with van der Waals surface area (Å²) in [4.78, 5) is 10.7. The highest BCUT2D eigenvalue weighted by molar-refractivity contribution is 7.88. The molecule has 0 bridgehead atoms. The zero-order valence-electron chi connectivity index (χ0n) is 11.3. The predicted octanol–water partition coefficient (Wildman–Crippen LogP) is 0.325. The molecule has 0 aliphatic carbocycles. The predicted molar refractivity (Wildman–Crippen MR) is 70.9 cm³/mol. The van der Waals surface area contributed by atoms with Crippen molar-refractivity contribution in [3.63, 3.8) is 0 Å². The molecule has 18 heavy (non-hydrogen) atoms. The minimum Gasteiger partial charge on any atom is -0.478 e. The van der Waals surface area contributed by atoms with Crippen LogP contribution in [0.2, 0.25) is 0 Å². The average molecular weight is 278 g/mol. The van der Waals surface area contributed by atoms with Gasteiger partial charge in [0.05, 0.1) is 6.26 Å². The maximum atomic E-state index is 11.1. The molecule has 7 heteroatoms. The van der Waals surface area contributed by atoms with Gasteiger partial charge in [0.2, 0.25) is 10.0 Å². The van der Waals surface area contributed by atoms with E-state index in [1.807, 2.05) is 0 Å². The second kappa shape index (κ2) is 6.86. The number of carboxylic acid groups (broad SMARTS) is 1. The summed E-state index contributed by atoms with van der Waals surface area (Å²) >= 11 is 0. The Morgan fingerprint density at radius 1 is 1.39 bits per heavy atom. The second-order valence-electron chi connectivity index (χ2n) is 4.78. The Bertz CT molecular complexity index is 413. The van der Waals surface area contributed by atoms with Crippen molar-refractivity contribution in [3.8, 4) is 0 Å². The van der Waals surface area contributed by atoms with Gasteiger partial charge in [0, 0.05) is 24.2 Å². The number of carboxylic acids is 1. The largest absolute Gasteiger partial charge is 0.478 e. The quantitative estimate of drug-likeness (QED) is 0.439. The van der Waals surface area contributed by atoms with E-state index in [2.05, 4.69) is 10.0 Å². The van der Waals surface area contributed by atoms with Gasteiger partial charge in [-0.05, 0) is 20.3 Å². The molecule has 0 aromatic rings. The van der Waals surface area contributed by atoms with Gasteiger partial charge in [-0.1, -0.05) is 13.0 Å². The molecule has 0 saturated heterocycles. The van der Waals surface area contributed by atoms with Crippen LogP contribution in [0.5, 0.6) is 0 Å². The molecule has 0 spiro atoms. The van der Waals surface area contributed by atoms with E-state index in [0.29, 0.717) is 25.1 Å². The van der Waals surface area contributed by atoms with Gasteiger partial charge in [-0.2, -0.15) is 0 Å². The number of sulfonamides is 1. The molecule has 0 radical (unpaired) electrons. The monoisotopic (exact) mass is 278 g/mol. The van der Waals surface area contributed by atoms with Crippen LogP contribution in [0.25, 0.3) is 0 Å². The first-order chi connectivity index (χ1) is 8.07. The fraction of sp³-hybridized carbons (Fsp3) is 0.727. The maximum Gasteiger partial charge on any atom is 0.331 e. The van der Waals surface area contributed by atoms with Crippen LogP contribution in [0, 0.1) is 0 Å². The maximum absolute atomic E-state index is 11.1. The number of carbonyl (C=O) groups is 1. The summed E-state index contributed by atoms with van der Waals surface area (Å²) in [6, 6.07) is 0. The third-order valence-electron chi connectivity index (χ3n) is 2.18. The standard InChI is InChI=1S/C11H22N2O4S/c1-5-9(10(14)15)6-7-12-8-11(2,3)13-18(4,16)17/h6,12-13H,5,7-8H2,1-4H3,(H,14,15). The van der Waals surface area contributed by atoms with E-state index in [-0.39, 0.29) is 0 Å². The van der Waals surface area contributed by atoms with Crippen molar-refractivity contribution >= 4 is 16.0 Å². The Morgan fingerprint density at radius 3 is 2.33 bits per heavy atom. The normalized spacial score (nSPS) is 13.7. The first-order valence-corrected chi connectivity index (χ1v) is 7.58. The van der Waals surface area contributed by atoms with Gasteiger partial charge in [0.25, 0.3) is 0 Å². The minimum absolute atomic E-state index is 0.344. The van der Waals surface area contributed by atoms with E-state index in [1.54, 1.807) is 26.8 Å². The fourth-order valence-corrected chi connectivity index (χ4v) is 2.58. The molecular weight excluding hydrogens is 256 g/mol. The van der Waals surface area contributed by atoms with Gasteiger partial charge in [0.1, 0.15) is 0 Å². The van der Waals surface area contributed by atoms with Gasteiger partial charge >= 0.3 is 5.97 Å². The molecule has 0 unspecified atom stereocenters. The van der Waals surface area contributed by atoms with Crippen LogP contribution >= 0.6 is 0 Å². The Balaban J connectivity index is 4.23. The molecular formula is C11H22N2O4S. The van der Waals surface area contributed by atoms with Crippen molar-refractivity contribution in [1.29, 1.82) is 0 Å². The van der Waals surface area contributed by atoms with Crippen molar-refractivity contribution in [2.24, 2.45) is 0 Å². The number of hydrogen-bond donors (Lipinski definition) is 3. The number of hydrogen-bond acceptors (Lipinski definition) is 4. The van der Waals surface area contributed by atoms with Crippen molar-refractivity contribution in [1.82, 2.24) is 10.0 Å². The molecule has 0 aliphatic rings. The van der Waals surface area contributed by atoms with Crippen LogP contribution < -0.4 is 10.0 Å². The molecule has 0 amide bonds. The van der Waals surface area contributed by atoms with Crippen LogP contribution in [0.4, 0.5) is 0 Å².